The van der Waals surface area contributed by atoms with E-state index >= 15 is 0 Å². The maximum Gasteiger partial charge on any atom is 0.326 e. The monoisotopic (exact) mass is 407 g/mol. The summed E-state index contributed by atoms with van der Waals surface area (Å²) in [5.41, 5.74) is 0.748. The number of thioether (sulfide) groups is 1. The van der Waals surface area contributed by atoms with E-state index in [-0.39, 0.29) is 10.7 Å². The third kappa shape index (κ3) is 3.56. The van der Waals surface area contributed by atoms with Gasteiger partial charge in [0, 0.05) is 11.6 Å². The highest BCUT2D eigenvalue weighted by Gasteiger charge is 2.39. The van der Waals surface area contributed by atoms with Crippen molar-refractivity contribution >= 4 is 57.9 Å². The lowest BCUT2D eigenvalue weighted by atomic mass is 10.2. The summed E-state index contributed by atoms with van der Waals surface area (Å²) in [5, 5.41) is 9.85. The number of hydrogen-bond acceptors (Lipinski definition) is 5. The van der Waals surface area contributed by atoms with Crippen molar-refractivity contribution in [2.45, 2.75) is 19.4 Å². The molecule has 0 radical (unpaired) electrons. The van der Waals surface area contributed by atoms with Gasteiger partial charge in [0.15, 0.2) is 0 Å². The van der Waals surface area contributed by atoms with Crippen LogP contribution in [0.15, 0.2) is 45.7 Å². The Kier molecular flexibility index (Phi) is 5.50. The van der Waals surface area contributed by atoms with Crippen molar-refractivity contribution in [3.05, 3.63) is 52.1 Å². The van der Waals surface area contributed by atoms with Crippen molar-refractivity contribution in [3.8, 4) is 11.3 Å². The molecule has 1 aromatic heterocycles. The number of furan rings is 1. The van der Waals surface area contributed by atoms with Crippen LogP contribution in [0.25, 0.3) is 17.4 Å². The molecule has 26 heavy (non-hydrogen) atoms. The van der Waals surface area contributed by atoms with Crippen LogP contribution in [-0.4, -0.2) is 32.2 Å². The maximum absolute atomic E-state index is 12.6. The number of nitrogens with zero attached hydrogens (tertiary/aromatic N) is 1. The van der Waals surface area contributed by atoms with Gasteiger partial charge in [0.25, 0.3) is 5.91 Å². The van der Waals surface area contributed by atoms with E-state index in [9.17, 15) is 14.7 Å². The molecule has 0 saturated carbocycles. The summed E-state index contributed by atoms with van der Waals surface area (Å²) in [4.78, 5) is 25.4. The number of thiocarbonyl (C=S) groups is 1. The number of rotatable bonds is 5. The Balaban J connectivity index is 1.88. The Bertz CT molecular complexity index is 921. The second kappa shape index (κ2) is 7.65. The van der Waals surface area contributed by atoms with Gasteiger partial charge < -0.3 is 9.52 Å². The Labute approximate surface area is 164 Å². The van der Waals surface area contributed by atoms with Crippen molar-refractivity contribution in [3.63, 3.8) is 0 Å². The molecule has 2 aromatic rings. The highest BCUT2D eigenvalue weighted by molar-refractivity contribution is 8.26. The molecule has 2 heterocycles. The minimum atomic E-state index is -1.08. The van der Waals surface area contributed by atoms with E-state index in [1.165, 1.54) is 0 Å². The van der Waals surface area contributed by atoms with Crippen molar-refractivity contribution < 1.29 is 19.1 Å². The Morgan fingerprint density at radius 3 is 2.77 bits per heavy atom. The van der Waals surface area contributed by atoms with Crippen molar-refractivity contribution in [1.82, 2.24) is 4.90 Å². The van der Waals surface area contributed by atoms with Crippen LogP contribution in [0.4, 0.5) is 0 Å². The second-order valence-electron chi connectivity index (χ2n) is 5.50. The summed E-state index contributed by atoms with van der Waals surface area (Å²) in [5.74, 6) is -0.466. The predicted octanol–water partition coefficient (Wildman–Crippen LogP) is 4.66. The molecule has 5 nitrogen and oxygen atoms in total. The molecule has 1 saturated heterocycles. The molecule has 1 unspecified atom stereocenters. The molecule has 1 aliphatic rings. The molecule has 3 rings (SSSR count). The first-order valence-corrected chi connectivity index (χ1v) is 9.37. The molecule has 0 bridgehead atoms. The first kappa shape index (κ1) is 18.7. The first-order chi connectivity index (χ1) is 12.4. The number of carbonyl (C=O) groups is 2. The van der Waals surface area contributed by atoms with E-state index in [0.29, 0.717) is 21.4 Å². The highest BCUT2D eigenvalue weighted by Crippen LogP contribution is 2.36. The van der Waals surface area contributed by atoms with Gasteiger partial charge in [-0.15, -0.1) is 0 Å². The number of carboxylic acid groups (broad SMARTS) is 1. The SMILES string of the molecule is CCC(C(=O)O)N1C(=O)/C(=C\c2ccc(-c3ccccc3Cl)o2)SC1=S. The van der Waals surface area contributed by atoms with E-state index in [2.05, 4.69) is 0 Å². The summed E-state index contributed by atoms with van der Waals surface area (Å²) >= 11 is 12.4. The van der Waals surface area contributed by atoms with E-state index in [1.54, 1.807) is 31.2 Å². The third-order valence-electron chi connectivity index (χ3n) is 3.85. The molecule has 1 amide bonds. The molecule has 1 N–H and O–H groups in total. The second-order valence-corrected chi connectivity index (χ2v) is 7.58. The van der Waals surface area contributed by atoms with Crippen molar-refractivity contribution in [2.75, 3.05) is 0 Å². The molecule has 1 aromatic carbocycles. The van der Waals surface area contributed by atoms with Crippen LogP contribution in [0, 0.1) is 0 Å². The largest absolute Gasteiger partial charge is 0.480 e. The standard InChI is InChI=1S/C18H14ClNO4S2/c1-2-13(17(22)23)20-16(21)15(26-18(20)25)9-10-7-8-14(24-10)11-5-3-4-6-12(11)19/h3-9,13H,2H2,1H3,(H,22,23)/b15-9+. The summed E-state index contributed by atoms with van der Waals surface area (Å²) in [6.45, 7) is 1.70. The molecular formula is C18H14ClNO4S2. The number of carbonyl (C=O) groups excluding carboxylic acids is 1. The van der Waals surface area contributed by atoms with E-state index in [4.69, 9.17) is 28.2 Å². The average molecular weight is 408 g/mol. The zero-order valence-corrected chi connectivity index (χ0v) is 16.0. The lowest BCUT2D eigenvalue weighted by Gasteiger charge is -2.21. The van der Waals surface area contributed by atoms with E-state index in [1.807, 2.05) is 18.2 Å². The van der Waals surface area contributed by atoms with Crippen LogP contribution in [0.3, 0.4) is 0 Å². The van der Waals surface area contributed by atoms with Gasteiger partial charge in [0.05, 0.1) is 9.93 Å². The Hall–Kier alpha value is -2.09. The summed E-state index contributed by atoms with van der Waals surface area (Å²) in [6.07, 6.45) is 1.83. The molecule has 1 aliphatic heterocycles. The van der Waals surface area contributed by atoms with E-state index < -0.39 is 17.9 Å². The van der Waals surface area contributed by atoms with Crippen molar-refractivity contribution in [1.29, 1.82) is 0 Å². The molecular weight excluding hydrogens is 394 g/mol. The highest BCUT2D eigenvalue weighted by atomic mass is 35.5. The smallest absolute Gasteiger partial charge is 0.326 e. The van der Waals surface area contributed by atoms with Gasteiger partial charge in [-0.1, -0.05) is 54.6 Å². The van der Waals surface area contributed by atoms with Gasteiger partial charge in [0.1, 0.15) is 21.9 Å². The molecule has 1 fully saturated rings. The maximum atomic E-state index is 12.6. The number of aliphatic carboxylic acids is 1. The Morgan fingerprint density at radius 1 is 1.38 bits per heavy atom. The lowest BCUT2D eigenvalue weighted by Crippen LogP contribution is -2.43. The minimum absolute atomic E-state index is 0.230. The average Bonchev–Trinajstić information content (AvgIpc) is 3.16. The lowest BCUT2D eigenvalue weighted by molar-refractivity contribution is -0.145. The number of hydrogen-bond donors (Lipinski definition) is 1. The van der Waals surface area contributed by atoms with Crippen LogP contribution in [0.1, 0.15) is 19.1 Å². The molecule has 0 aliphatic carbocycles. The van der Waals surface area contributed by atoms with Crippen LogP contribution >= 0.6 is 35.6 Å². The zero-order valence-electron chi connectivity index (χ0n) is 13.6. The Morgan fingerprint density at radius 2 is 2.12 bits per heavy atom. The molecule has 1 atom stereocenters. The number of carboxylic acids is 1. The van der Waals surface area contributed by atoms with Crippen LogP contribution in [-0.2, 0) is 9.59 Å². The van der Waals surface area contributed by atoms with E-state index in [0.717, 1.165) is 22.2 Å². The fourth-order valence-electron chi connectivity index (χ4n) is 2.58. The molecule has 134 valence electrons. The summed E-state index contributed by atoms with van der Waals surface area (Å²) in [7, 11) is 0. The van der Waals surface area contributed by atoms with Gasteiger partial charge in [-0.2, -0.15) is 0 Å². The van der Waals surface area contributed by atoms with Gasteiger partial charge >= 0.3 is 5.97 Å². The fourth-order valence-corrected chi connectivity index (χ4v) is 4.15. The van der Waals surface area contributed by atoms with Gasteiger partial charge in [-0.05, 0) is 30.7 Å². The predicted molar refractivity (Wildman–Crippen MR) is 106 cm³/mol. The molecule has 8 heteroatoms. The summed E-state index contributed by atoms with van der Waals surface area (Å²) in [6, 6.07) is 9.80. The van der Waals surface area contributed by atoms with Crippen LogP contribution < -0.4 is 0 Å². The van der Waals surface area contributed by atoms with Gasteiger partial charge in [-0.25, -0.2) is 4.79 Å². The molecule has 0 spiro atoms. The number of amides is 1. The van der Waals surface area contributed by atoms with Crippen molar-refractivity contribution in [2.24, 2.45) is 0 Å². The zero-order chi connectivity index (χ0) is 18.8. The van der Waals surface area contributed by atoms with Crippen LogP contribution in [0.5, 0.6) is 0 Å². The van der Waals surface area contributed by atoms with Crippen LogP contribution in [0.2, 0.25) is 5.02 Å². The normalized spacial score (nSPS) is 17.2. The van der Waals surface area contributed by atoms with Gasteiger partial charge in [-0.3, -0.25) is 9.69 Å². The topological polar surface area (TPSA) is 70.8 Å². The fraction of sp³-hybridized carbons (Fsp3) is 0.167. The summed E-state index contributed by atoms with van der Waals surface area (Å²) < 4.78 is 5.99. The minimum Gasteiger partial charge on any atom is -0.480 e. The first-order valence-electron chi connectivity index (χ1n) is 7.77. The number of halogens is 1. The number of benzene rings is 1. The quantitative estimate of drug-likeness (QED) is 0.574. The third-order valence-corrected chi connectivity index (χ3v) is 5.51. The van der Waals surface area contributed by atoms with Gasteiger partial charge in [0.2, 0.25) is 0 Å².